The summed E-state index contributed by atoms with van der Waals surface area (Å²) in [5.41, 5.74) is -0.0832. The number of carbonyl (C=O) groups excluding carboxylic acids is 2. The fourth-order valence-electron chi connectivity index (χ4n) is 3.87. The fraction of sp³-hybridized carbons (Fsp3) is 0.417. The highest BCUT2D eigenvalue weighted by atomic mass is 19.4. The third-order valence-electron chi connectivity index (χ3n) is 5.87. The minimum Gasteiger partial charge on any atom is -0.348 e. The molecule has 2 atom stereocenters. The number of nitrogens with one attached hydrogen (secondary N) is 2. The lowest BCUT2D eigenvalue weighted by atomic mass is 10.1. The van der Waals surface area contributed by atoms with Gasteiger partial charge in [0.2, 0.25) is 11.8 Å². The van der Waals surface area contributed by atoms with Crippen LogP contribution in [0.15, 0.2) is 54.6 Å². The first-order chi connectivity index (χ1) is 15.6. The van der Waals surface area contributed by atoms with Gasteiger partial charge in [0.05, 0.1) is 29.9 Å². The second kappa shape index (κ2) is 10.8. The smallest absolute Gasteiger partial charge is 0.348 e. The summed E-state index contributed by atoms with van der Waals surface area (Å²) in [5, 5.41) is 5.41. The van der Waals surface area contributed by atoms with E-state index in [4.69, 9.17) is 0 Å². The van der Waals surface area contributed by atoms with E-state index >= 15 is 0 Å². The van der Waals surface area contributed by atoms with Gasteiger partial charge in [0.15, 0.2) is 0 Å². The molecular formula is C24H29F3N4O2. The van der Waals surface area contributed by atoms with Crippen molar-refractivity contribution in [3.63, 3.8) is 0 Å². The summed E-state index contributed by atoms with van der Waals surface area (Å²) in [4.78, 5) is 28.9. The molecule has 178 valence electrons. The monoisotopic (exact) mass is 462 g/mol. The Morgan fingerprint density at radius 2 is 1.55 bits per heavy atom. The zero-order valence-corrected chi connectivity index (χ0v) is 18.7. The molecule has 0 saturated carbocycles. The number of hydrogen-bond donors (Lipinski definition) is 2. The number of amides is 2. The number of piperazine rings is 1. The lowest BCUT2D eigenvalue weighted by molar-refractivity contribution is -0.137. The van der Waals surface area contributed by atoms with Crippen molar-refractivity contribution in [3.8, 4) is 0 Å². The average Bonchev–Trinajstić information content (AvgIpc) is 2.79. The first kappa shape index (κ1) is 24.7. The van der Waals surface area contributed by atoms with Crippen LogP contribution in [0.2, 0.25) is 0 Å². The highest BCUT2D eigenvalue weighted by Crippen LogP contribution is 2.34. The standard InChI is InChI=1S/C24H29F3N4O2/c1-17(19-8-4-3-5-9-19)28-23(33)18(2)31-14-12-30(13-15-31)16-22(32)29-21-11-7-6-10-20(21)24(25,26)27/h3-11,17-18H,12-16H2,1-2H3,(H,28,33)(H,29,32)/t17-,18+/m0/s1. The van der Waals surface area contributed by atoms with Crippen molar-refractivity contribution < 1.29 is 22.8 Å². The molecule has 1 saturated heterocycles. The van der Waals surface area contributed by atoms with E-state index in [1.807, 2.05) is 54.0 Å². The number of anilines is 1. The fourth-order valence-corrected chi connectivity index (χ4v) is 3.87. The van der Waals surface area contributed by atoms with Crippen LogP contribution in [-0.2, 0) is 15.8 Å². The second-order valence-corrected chi connectivity index (χ2v) is 8.22. The molecule has 9 heteroatoms. The Morgan fingerprint density at radius 3 is 2.18 bits per heavy atom. The number of benzene rings is 2. The molecule has 1 fully saturated rings. The third-order valence-corrected chi connectivity index (χ3v) is 5.87. The molecule has 0 aromatic heterocycles. The van der Waals surface area contributed by atoms with Gasteiger partial charge in [-0.05, 0) is 31.5 Å². The van der Waals surface area contributed by atoms with Crippen LogP contribution < -0.4 is 10.6 Å². The predicted molar refractivity (Wildman–Crippen MR) is 121 cm³/mol. The minimum absolute atomic E-state index is 0.00828. The summed E-state index contributed by atoms with van der Waals surface area (Å²) in [7, 11) is 0. The Kier molecular flexibility index (Phi) is 8.10. The van der Waals surface area contributed by atoms with Gasteiger partial charge in [-0.25, -0.2) is 0 Å². The van der Waals surface area contributed by atoms with Crippen molar-refractivity contribution in [2.75, 3.05) is 38.0 Å². The Labute approximate surface area is 191 Å². The molecule has 1 heterocycles. The zero-order chi connectivity index (χ0) is 24.0. The van der Waals surface area contributed by atoms with E-state index in [1.165, 1.54) is 18.2 Å². The first-order valence-electron chi connectivity index (χ1n) is 10.9. The summed E-state index contributed by atoms with van der Waals surface area (Å²) in [5.74, 6) is -0.566. The Hall–Kier alpha value is -2.91. The van der Waals surface area contributed by atoms with Crippen molar-refractivity contribution in [1.82, 2.24) is 15.1 Å². The molecule has 33 heavy (non-hydrogen) atoms. The van der Waals surface area contributed by atoms with E-state index in [1.54, 1.807) is 0 Å². The van der Waals surface area contributed by atoms with Crippen molar-refractivity contribution in [1.29, 1.82) is 0 Å². The number of halogens is 3. The molecule has 2 aromatic rings. The highest BCUT2D eigenvalue weighted by Gasteiger charge is 2.34. The van der Waals surface area contributed by atoms with Gasteiger partial charge in [0.25, 0.3) is 0 Å². The van der Waals surface area contributed by atoms with Gasteiger partial charge in [-0.15, -0.1) is 0 Å². The summed E-state index contributed by atoms with van der Waals surface area (Å²) in [6.07, 6.45) is -4.54. The van der Waals surface area contributed by atoms with Gasteiger partial charge in [0, 0.05) is 26.2 Å². The van der Waals surface area contributed by atoms with E-state index in [0.717, 1.165) is 11.6 Å². The van der Waals surface area contributed by atoms with Crippen molar-refractivity contribution in [3.05, 3.63) is 65.7 Å². The average molecular weight is 463 g/mol. The number of para-hydroxylation sites is 1. The van der Waals surface area contributed by atoms with Crippen LogP contribution in [0.1, 0.15) is 31.0 Å². The second-order valence-electron chi connectivity index (χ2n) is 8.22. The molecule has 1 aliphatic rings. The SMILES string of the molecule is C[C@H](NC(=O)[C@@H](C)N1CCN(CC(=O)Nc2ccccc2C(F)(F)F)CC1)c1ccccc1. The summed E-state index contributed by atoms with van der Waals surface area (Å²) in [6.45, 7) is 6.03. The highest BCUT2D eigenvalue weighted by molar-refractivity contribution is 5.93. The molecule has 6 nitrogen and oxygen atoms in total. The van der Waals surface area contributed by atoms with Gasteiger partial charge in [-0.1, -0.05) is 42.5 Å². The molecule has 0 radical (unpaired) electrons. The Balaban J connectivity index is 1.47. The van der Waals surface area contributed by atoms with Gasteiger partial charge < -0.3 is 10.6 Å². The predicted octanol–water partition coefficient (Wildman–Crippen LogP) is 3.53. The molecule has 2 N–H and O–H groups in total. The van der Waals surface area contributed by atoms with Gasteiger partial charge in [-0.2, -0.15) is 13.2 Å². The topological polar surface area (TPSA) is 64.7 Å². The summed E-state index contributed by atoms with van der Waals surface area (Å²) >= 11 is 0. The quantitative estimate of drug-likeness (QED) is 0.661. The van der Waals surface area contributed by atoms with E-state index in [9.17, 15) is 22.8 Å². The lowest BCUT2D eigenvalue weighted by Gasteiger charge is -2.37. The van der Waals surface area contributed by atoms with E-state index < -0.39 is 17.6 Å². The molecule has 2 amide bonds. The van der Waals surface area contributed by atoms with Crippen LogP contribution in [0.5, 0.6) is 0 Å². The number of hydrogen-bond acceptors (Lipinski definition) is 4. The van der Waals surface area contributed by atoms with E-state index in [2.05, 4.69) is 10.6 Å². The Morgan fingerprint density at radius 1 is 0.939 bits per heavy atom. The number of alkyl halides is 3. The number of rotatable bonds is 7. The first-order valence-corrected chi connectivity index (χ1v) is 10.9. The molecule has 2 aromatic carbocycles. The van der Waals surface area contributed by atoms with Gasteiger partial charge >= 0.3 is 6.18 Å². The zero-order valence-electron chi connectivity index (χ0n) is 18.7. The molecule has 0 aliphatic carbocycles. The maximum Gasteiger partial charge on any atom is 0.418 e. The van der Waals surface area contributed by atoms with Crippen molar-refractivity contribution >= 4 is 17.5 Å². The van der Waals surface area contributed by atoms with E-state index in [-0.39, 0.29) is 30.2 Å². The van der Waals surface area contributed by atoms with Crippen LogP contribution in [-0.4, -0.2) is 60.4 Å². The van der Waals surface area contributed by atoms with Crippen LogP contribution in [0, 0.1) is 0 Å². The van der Waals surface area contributed by atoms with Crippen LogP contribution in [0.25, 0.3) is 0 Å². The molecule has 0 unspecified atom stereocenters. The number of nitrogens with zero attached hydrogens (tertiary/aromatic N) is 2. The summed E-state index contributed by atoms with van der Waals surface area (Å²) < 4.78 is 39.4. The molecule has 0 spiro atoms. The van der Waals surface area contributed by atoms with Crippen molar-refractivity contribution in [2.45, 2.75) is 32.1 Å². The lowest BCUT2D eigenvalue weighted by Crippen LogP contribution is -2.55. The van der Waals surface area contributed by atoms with Crippen LogP contribution in [0.3, 0.4) is 0 Å². The van der Waals surface area contributed by atoms with Crippen LogP contribution >= 0.6 is 0 Å². The third kappa shape index (κ3) is 6.79. The maximum absolute atomic E-state index is 13.1. The van der Waals surface area contributed by atoms with Gasteiger partial charge in [0.1, 0.15) is 0 Å². The number of carbonyl (C=O) groups is 2. The minimum atomic E-state index is -4.54. The van der Waals surface area contributed by atoms with Crippen molar-refractivity contribution in [2.24, 2.45) is 0 Å². The molecule has 1 aliphatic heterocycles. The maximum atomic E-state index is 13.1. The molecular weight excluding hydrogens is 433 g/mol. The van der Waals surface area contributed by atoms with Gasteiger partial charge in [-0.3, -0.25) is 19.4 Å². The summed E-state index contributed by atoms with van der Waals surface area (Å²) in [6, 6.07) is 14.2. The molecule has 0 bridgehead atoms. The van der Waals surface area contributed by atoms with Crippen LogP contribution in [0.4, 0.5) is 18.9 Å². The Bertz CT molecular complexity index is 944. The normalized spacial score (nSPS) is 17.2. The van der Waals surface area contributed by atoms with E-state index in [0.29, 0.717) is 26.2 Å². The molecule has 3 rings (SSSR count). The largest absolute Gasteiger partial charge is 0.418 e.